The minimum absolute atomic E-state index is 0.0362. The number of nitrogens with zero attached hydrogens (tertiary/aromatic N) is 2. The van der Waals surface area contributed by atoms with Crippen molar-refractivity contribution in [3.05, 3.63) is 45.4 Å². The van der Waals surface area contributed by atoms with Crippen LogP contribution < -0.4 is 5.32 Å². The zero-order chi connectivity index (χ0) is 15.5. The van der Waals surface area contributed by atoms with Crippen molar-refractivity contribution in [1.29, 1.82) is 0 Å². The van der Waals surface area contributed by atoms with E-state index in [0.717, 1.165) is 31.7 Å². The molecule has 3 N–H and O–H groups in total. The predicted octanol–water partition coefficient (Wildman–Crippen LogP) is 1.64. The van der Waals surface area contributed by atoms with Crippen LogP contribution in [0.2, 0.25) is 0 Å². The van der Waals surface area contributed by atoms with Gasteiger partial charge < -0.3 is 15.5 Å². The van der Waals surface area contributed by atoms with Gasteiger partial charge in [-0.1, -0.05) is 6.07 Å². The van der Waals surface area contributed by atoms with Gasteiger partial charge in [0.1, 0.15) is 5.75 Å². The van der Waals surface area contributed by atoms with Gasteiger partial charge in [-0.2, -0.15) is 0 Å². The number of thiophene rings is 1. The molecule has 22 heavy (non-hydrogen) atoms. The summed E-state index contributed by atoms with van der Waals surface area (Å²) in [7, 11) is 0. The van der Waals surface area contributed by atoms with E-state index in [9.17, 15) is 10.2 Å². The van der Waals surface area contributed by atoms with Crippen LogP contribution in [-0.4, -0.2) is 46.3 Å². The van der Waals surface area contributed by atoms with Crippen LogP contribution in [0.3, 0.4) is 0 Å². The number of hydrogen-bond acceptors (Lipinski definition) is 6. The number of aromatic hydroxyl groups is 1. The van der Waals surface area contributed by atoms with Gasteiger partial charge in [0.25, 0.3) is 0 Å². The van der Waals surface area contributed by atoms with E-state index in [1.165, 1.54) is 4.88 Å². The highest BCUT2D eigenvalue weighted by molar-refractivity contribution is 7.10. The normalized spacial score (nSPS) is 17.5. The zero-order valence-electron chi connectivity index (χ0n) is 12.6. The van der Waals surface area contributed by atoms with Crippen LogP contribution >= 0.6 is 11.3 Å². The maximum Gasteiger partial charge on any atom is 0.142 e. The fourth-order valence-corrected chi connectivity index (χ4v) is 3.84. The SMILES string of the molecule is Cc1ncc(CO)c([C@H](c2cccs2)N2CCNCC2)c1O. The Hall–Kier alpha value is -1.47. The molecule has 1 saturated heterocycles. The van der Waals surface area contributed by atoms with Crippen molar-refractivity contribution in [1.82, 2.24) is 15.2 Å². The number of piperazine rings is 1. The van der Waals surface area contributed by atoms with Crippen LogP contribution in [0.1, 0.15) is 27.7 Å². The number of hydrogen-bond donors (Lipinski definition) is 3. The zero-order valence-corrected chi connectivity index (χ0v) is 13.4. The molecule has 1 aliphatic rings. The summed E-state index contributed by atoms with van der Waals surface area (Å²) in [6.45, 7) is 5.36. The lowest BCUT2D eigenvalue weighted by molar-refractivity contribution is 0.194. The fraction of sp³-hybridized carbons (Fsp3) is 0.438. The number of aliphatic hydroxyl groups excluding tert-OH is 1. The average molecular weight is 319 g/mol. The summed E-state index contributed by atoms with van der Waals surface area (Å²) in [5.41, 5.74) is 2.09. The first-order chi connectivity index (χ1) is 10.7. The molecular formula is C16H21N3O2S. The smallest absolute Gasteiger partial charge is 0.142 e. The van der Waals surface area contributed by atoms with Gasteiger partial charge in [-0.15, -0.1) is 11.3 Å². The number of aromatic nitrogens is 1. The Labute approximate surface area is 134 Å². The Morgan fingerprint density at radius 2 is 2.18 bits per heavy atom. The van der Waals surface area contributed by atoms with Crippen LogP contribution in [0.5, 0.6) is 5.75 Å². The van der Waals surface area contributed by atoms with E-state index in [1.54, 1.807) is 24.5 Å². The van der Waals surface area contributed by atoms with E-state index in [2.05, 4.69) is 21.3 Å². The molecule has 2 aromatic heterocycles. The van der Waals surface area contributed by atoms with Gasteiger partial charge in [0.05, 0.1) is 18.3 Å². The Bertz CT molecular complexity index is 625. The van der Waals surface area contributed by atoms with Crippen molar-refractivity contribution in [2.45, 2.75) is 19.6 Å². The molecular weight excluding hydrogens is 298 g/mol. The van der Waals surface area contributed by atoms with E-state index in [-0.39, 0.29) is 18.4 Å². The Morgan fingerprint density at radius 3 is 2.82 bits per heavy atom. The molecule has 0 amide bonds. The number of aryl methyl sites for hydroxylation is 1. The number of pyridine rings is 1. The van der Waals surface area contributed by atoms with Crippen LogP contribution in [0, 0.1) is 6.92 Å². The number of rotatable bonds is 4. The summed E-state index contributed by atoms with van der Waals surface area (Å²) in [4.78, 5) is 7.72. The molecule has 1 aliphatic heterocycles. The Kier molecular flexibility index (Phi) is 4.73. The van der Waals surface area contributed by atoms with E-state index < -0.39 is 0 Å². The highest BCUT2D eigenvalue weighted by Crippen LogP contribution is 2.39. The molecule has 0 bridgehead atoms. The minimum Gasteiger partial charge on any atom is -0.506 e. The van der Waals surface area contributed by atoms with Gasteiger partial charge in [0.15, 0.2) is 0 Å². The molecule has 6 heteroatoms. The Balaban J connectivity index is 2.11. The third-order valence-electron chi connectivity index (χ3n) is 4.13. The highest BCUT2D eigenvalue weighted by atomic mass is 32.1. The lowest BCUT2D eigenvalue weighted by Crippen LogP contribution is -2.45. The molecule has 0 saturated carbocycles. The molecule has 2 aromatic rings. The molecule has 0 spiro atoms. The van der Waals surface area contributed by atoms with Gasteiger partial charge in [0, 0.05) is 48.4 Å². The third kappa shape index (κ3) is 2.87. The summed E-state index contributed by atoms with van der Waals surface area (Å²) in [6, 6.07) is 4.08. The van der Waals surface area contributed by atoms with Gasteiger partial charge in [-0.25, -0.2) is 0 Å². The molecule has 0 radical (unpaired) electrons. The van der Waals surface area contributed by atoms with Gasteiger partial charge >= 0.3 is 0 Å². The summed E-state index contributed by atoms with van der Waals surface area (Å²) >= 11 is 1.68. The molecule has 5 nitrogen and oxygen atoms in total. The maximum atomic E-state index is 10.6. The number of nitrogens with one attached hydrogen (secondary N) is 1. The number of aliphatic hydroxyl groups is 1. The topological polar surface area (TPSA) is 68.6 Å². The maximum absolute atomic E-state index is 10.6. The monoisotopic (exact) mass is 319 g/mol. The lowest BCUT2D eigenvalue weighted by atomic mass is 9.97. The summed E-state index contributed by atoms with van der Waals surface area (Å²) in [5, 5.41) is 25.7. The van der Waals surface area contributed by atoms with Crippen LogP contribution in [0.4, 0.5) is 0 Å². The van der Waals surface area contributed by atoms with Gasteiger partial charge in [-0.05, 0) is 18.4 Å². The molecule has 1 atom stereocenters. The molecule has 0 unspecified atom stereocenters. The average Bonchev–Trinajstić information content (AvgIpc) is 3.07. The minimum atomic E-state index is -0.121. The summed E-state index contributed by atoms with van der Waals surface area (Å²) in [5.74, 6) is 0.198. The largest absolute Gasteiger partial charge is 0.506 e. The van der Waals surface area contributed by atoms with Crippen LogP contribution in [0.25, 0.3) is 0 Å². The van der Waals surface area contributed by atoms with E-state index in [4.69, 9.17) is 0 Å². The molecule has 3 heterocycles. The first kappa shape index (κ1) is 15.4. The van der Waals surface area contributed by atoms with Gasteiger partial charge in [-0.3, -0.25) is 9.88 Å². The lowest BCUT2D eigenvalue weighted by Gasteiger charge is -2.35. The van der Waals surface area contributed by atoms with E-state index in [0.29, 0.717) is 11.3 Å². The van der Waals surface area contributed by atoms with Gasteiger partial charge in [0.2, 0.25) is 0 Å². The van der Waals surface area contributed by atoms with Crippen molar-refractivity contribution in [3.63, 3.8) is 0 Å². The quantitative estimate of drug-likeness (QED) is 0.799. The summed E-state index contributed by atoms with van der Waals surface area (Å²) in [6.07, 6.45) is 1.67. The summed E-state index contributed by atoms with van der Waals surface area (Å²) < 4.78 is 0. The van der Waals surface area contributed by atoms with Crippen molar-refractivity contribution in [2.24, 2.45) is 0 Å². The second-order valence-electron chi connectivity index (χ2n) is 5.49. The van der Waals surface area contributed by atoms with Crippen molar-refractivity contribution in [3.8, 4) is 5.75 Å². The predicted molar refractivity (Wildman–Crippen MR) is 87.2 cm³/mol. The molecule has 1 fully saturated rings. The van der Waals surface area contributed by atoms with Crippen LogP contribution in [-0.2, 0) is 6.61 Å². The standard InChI is InChI=1S/C16H21N3O2S/c1-11-16(21)14(12(10-20)9-18-11)15(13-3-2-8-22-13)19-6-4-17-5-7-19/h2-3,8-9,15,17,20-21H,4-7,10H2,1H3/t15-/m0/s1. The first-order valence-corrected chi connectivity index (χ1v) is 8.36. The Morgan fingerprint density at radius 1 is 1.41 bits per heavy atom. The second kappa shape index (κ2) is 6.75. The molecule has 3 rings (SSSR count). The second-order valence-corrected chi connectivity index (χ2v) is 6.47. The molecule has 0 aliphatic carbocycles. The van der Waals surface area contributed by atoms with Crippen LogP contribution in [0.15, 0.2) is 23.7 Å². The molecule has 118 valence electrons. The van der Waals surface area contributed by atoms with Crippen molar-refractivity contribution in [2.75, 3.05) is 26.2 Å². The van der Waals surface area contributed by atoms with E-state index in [1.807, 2.05) is 11.4 Å². The fourth-order valence-electron chi connectivity index (χ4n) is 2.98. The van der Waals surface area contributed by atoms with Crippen molar-refractivity contribution >= 4 is 11.3 Å². The van der Waals surface area contributed by atoms with E-state index >= 15 is 0 Å². The van der Waals surface area contributed by atoms with Crippen molar-refractivity contribution < 1.29 is 10.2 Å². The third-order valence-corrected chi connectivity index (χ3v) is 5.06. The first-order valence-electron chi connectivity index (χ1n) is 7.48. The highest BCUT2D eigenvalue weighted by Gasteiger charge is 2.29. The molecule has 0 aromatic carbocycles.